The molecule has 146 valence electrons. The first kappa shape index (κ1) is 20.8. The molecule has 0 saturated carbocycles. The first-order valence-electron chi connectivity index (χ1n) is 8.48. The van der Waals surface area contributed by atoms with Crippen LogP contribution in [0, 0.1) is 5.82 Å². The Kier molecular flexibility index (Phi) is 7.24. The van der Waals surface area contributed by atoms with Crippen LogP contribution < -0.4 is 14.8 Å². The number of halogens is 4. The molecule has 0 heterocycles. The Bertz CT molecular complexity index is 758. The van der Waals surface area contributed by atoms with Gasteiger partial charge < -0.3 is 14.8 Å². The highest BCUT2D eigenvalue weighted by molar-refractivity contribution is 5.81. The van der Waals surface area contributed by atoms with Gasteiger partial charge in [-0.1, -0.05) is 25.6 Å². The average Bonchev–Trinajstić information content (AvgIpc) is 2.61. The zero-order chi connectivity index (χ0) is 19.9. The van der Waals surface area contributed by atoms with Gasteiger partial charge in [0.2, 0.25) is 0 Å². The van der Waals surface area contributed by atoms with E-state index in [4.69, 9.17) is 4.74 Å². The van der Waals surface area contributed by atoms with Crippen molar-refractivity contribution in [2.24, 2.45) is 0 Å². The molecule has 2 aromatic carbocycles. The van der Waals surface area contributed by atoms with Crippen molar-refractivity contribution >= 4 is 5.57 Å². The molecule has 1 N–H and O–H groups in total. The summed E-state index contributed by atoms with van der Waals surface area (Å²) < 4.78 is 60.5. The van der Waals surface area contributed by atoms with Crippen LogP contribution in [0.15, 0.2) is 49.0 Å². The SMILES string of the molecule is C=C(c1ccc(F)cc1)c1cc(OC(F)(F)F)ccc1OCCCNCC. The minimum absolute atomic E-state index is 0.354. The van der Waals surface area contributed by atoms with Gasteiger partial charge >= 0.3 is 6.36 Å². The number of hydrogen-bond acceptors (Lipinski definition) is 3. The molecule has 0 amide bonds. The summed E-state index contributed by atoms with van der Waals surface area (Å²) in [5, 5.41) is 3.16. The Hall–Kier alpha value is -2.54. The largest absolute Gasteiger partial charge is 0.573 e. The van der Waals surface area contributed by atoms with E-state index in [0.29, 0.717) is 29.1 Å². The summed E-state index contributed by atoms with van der Waals surface area (Å²) in [5.74, 6) is -0.406. The van der Waals surface area contributed by atoms with Crippen molar-refractivity contribution in [3.05, 3.63) is 66.0 Å². The summed E-state index contributed by atoms with van der Waals surface area (Å²) in [6.07, 6.45) is -4.07. The molecular weight excluding hydrogens is 362 g/mol. The highest BCUT2D eigenvalue weighted by Gasteiger charge is 2.31. The molecule has 2 rings (SSSR count). The van der Waals surface area contributed by atoms with Gasteiger partial charge in [0.05, 0.1) is 6.61 Å². The van der Waals surface area contributed by atoms with Crippen LogP contribution in [-0.4, -0.2) is 26.1 Å². The van der Waals surface area contributed by atoms with Gasteiger partial charge in [-0.15, -0.1) is 13.2 Å². The third kappa shape index (κ3) is 6.60. The van der Waals surface area contributed by atoms with E-state index < -0.39 is 12.2 Å². The van der Waals surface area contributed by atoms with Crippen LogP contribution >= 0.6 is 0 Å². The summed E-state index contributed by atoms with van der Waals surface area (Å²) in [6.45, 7) is 7.91. The van der Waals surface area contributed by atoms with Crippen LogP contribution in [0.4, 0.5) is 17.6 Å². The molecule has 0 saturated heterocycles. The predicted octanol–water partition coefficient (Wildman–Crippen LogP) is 5.16. The number of ether oxygens (including phenoxy) is 2. The molecular formula is C20H21F4NO2. The number of nitrogens with one attached hydrogen (secondary N) is 1. The van der Waals surface area contributed by atoms with E-state index in [1.807, 2.05) is 6.92 Å². The number of hydrogen-bond donors (Lipinski definition) is 1. The van der Waals surface area contributed by atoms with Crippen molar-refractivity contribution in [2.75, 3.05) is 19.7 Å². The Balaban J connectivity index is 2.26. The second-order valence-corrected chi connectivity index (χ2v) is 5.75. The van der Waals surface area contributed by atoms with Crippen LogP contribution in [0.25, 0.3) is 5.57 Å². The molecule has 0 aromatic heterocycles. The minimum atomic E-state index is -4.80. The van der Waals surface area contributed by atoms with Gasteiger partial charge in [0, 0.05) is 5.56 Å². The zero-order valence-electron chi connectivity index (χ0n) is 14.9. The fourth-order valence-electron chi connectivity index (χ4n) is 2.43. The van der Waals surface area contributed by atoms with E-state index in [-0.39, 0.29) is 5.75 Å². The van der Waals surface area contributed by atoms with Crippen molar-refractivity contribution < 1.29 is 27.0 Å². The average molecular weight is 383 g/mol. The predicted molar refractivity (Wildman–Crippen MR) is 96.3 cm³/mol. The highest BCUT2D eigenvalue weighted by Crippen LogP contribution is 2.35. The third-order valence-electron chi connectivity index (χ3n) is 3.71. The van der Waals surface area contributed by atoms with Crippen LogP contribution in [0.1, 0.15) is 24.5 Å². The fourth-order valence-corrected chi connectivity index (χ4v) is 2.43. The standard InChI is InChI=1S/C20H21F4NO2/c1-3-25-11-4-12-26-19-10-9-17(27-20(22,23)24)13-18(19)14(2)15-5-7-16(21)8-6-15/h5-10,13,25H,2-4,11-12H2,1H3. The molecule has 7 heteroatoms. The van der Waals surface area contributed by atoms with Crippen molar-refractivity contribution in [1.29, 1.82) is 0 Å². The third-order valence-corrected chi connectivity index (χ3v) is 3.71. The Morgan fingerprint density at radius 3 is 2.44 bits per heavy atom. The second-order valence-electron chi connectivity index (χ2n) is 5.75. The lowest BCUT2D eigenvalue weighted by Gasteiger charge is -2.16. The van der Waals surface area contributed by atoms with Gasteiger partial charge in [-0.25, -0.2) is 4.39 Å². The maximum atomic E-state index is 13.1. The van der Waals surface area contributed by atoms with E-state index in [9.17, 15) is 17.6 Å². The van der Waals surface area contributed by atoms with Gasteiger partial charge in [0.15, 0.2) is 0 Å². The maximum Gasteiger partial charge on any atom is 0.573 e. The Labute approximate surface area is 155 Å². The number of benzene rings is 2. The molecule has 0 spiro atoms. The maximum absolute atomic E-state index is 13.1. The van der Waals surface area contributed by atoms with Gasteiger partial charge in [-0.05, 0) is 61.0 Å². The van der Waals surface area contributed by atoms with E-state index in [1.54, 1.807) is 0 Å². The molecule has 27 heavy (non-hydrogen) atoms. The molecule has 0 radical (unpaired) electrons. The lowest BCUT2D eigenvalue weighted by molar-refractivity contribution is -0.274. The lowest BCUT2D eigenvalue weighted by Crippen LogP contribution is -2.17. The molecule has 2 aromatic rings. The zero-order valence-corrected chi connectivity index (χ0v) is 14.9. The highest BCUT2D eigenvalue weighted by atomic mass is 19.4. The normalized spacial score (nSPS) is 11.3. The Morgan fingerprint density at radius 2 is 1.81 bits per heavy atom. The Morgan fingerprint density at radius 1 is 1.11 bits per heavy atom. The topological polar surface area (TPSA) is 30.5 Å². The summed E-state index contributed by atoms with van der Waals surface area (Å²) in [4.78, 5) is 0. The molecule has 0 aliphatic carbocycles. The van der Waals surface area contributed by atoms with E-state index in [0.717, 1.165) is 19.5 Å². The van der Waals surface area contributed by atoms with Gasteiger partial charge in [-0.2, -0.15) is 0 Å². The summed E-state index contributed by atoms with van der Waals surface area (Å²) in [6, 6.07) is 9.35. The lowest BCUT2D eigenvalue weighted by atomic mass is 9.98. The first-order valence-corrected chi connectivity index (χ1v) is 8.48. The summed E-state index contributed by atoms with van der Waals surface area (Å²) in [7, 11) is 0. The number of rotatable bonds is 9. The summed E-state index contributed by atoms with van der Waals surface area (Å²) in [5.41, 5.74) is 1.33. The van der Waals surface area contributed by atoms with Crippen molar-refractivity contribution in [3.8, 4) is 11.5 Å². The van der Waals surface area contributed by atoms with Gasteiger partial charge in [0.1, 0.15) is 17.3 Å². The van der Waals surface area contributed by atoms with Crippen LogP contribution in [0.5, 0.6) is 11.5 Å². The monoisotopic (exact) mass is 383 g/mol. The minimum Gasteiger partial charge on any atom is -0.493 e. The van der Waals surface area contributed by atoms with Crippen LogP contribution in [-0.2, 0) is 0 Å². The van der Waals surface area contributed by atoms with E-state index >= 15 is 0 Å². The smallest absolute Gasteiger partial charge is 0.493 e. The van der Waals surface area contributed by atoms with E-state index in [2.05, 4.69) is 16.6 Å². The molecule has 0 aliphatic heterocycles. The molecule has 0 bridgehead atoms. The quantitative estimate of drug-likeness (QED) is 0.479. The summed E-state index contributed by atoms with van der Waals surface area (Å²) >= 11 is 0. The van der Waals surface area contributed by atoms with E-state index in [1.165, 1.54) is 42.5 Å². The molecule has 0 aliphatic rings. The van der Waals surface area contributed by atoms with Crippen molar-refractivity contribution in [3.63, 3.8) is 0 Å². The molecule has 0 unspecified atom stereocenters. The fraction of sp³-hybridized carbons (Fsp3) is 0.300. The molecule has 0 atom stereocenters. The second kappa shape index (κ2) is 9.41. The van der Waals surface area contributed by atoms with Crippen molar-refractivity contribution in [2.45, 2.75) is 19.7 Å². The van der Waals surface area contributed by atoms with Gasteiger partial charge in [0.25, 0.3) is 0 Å². The van der Waals surface area contributed by atoms with Crippen LogP contribution in [0.2, 0.25) is 0 Å². The molecule has 0 fully saturated rings. The first-order chi connectivity index (χ1) is 12.8. The van der Waals surface area contributed by atoms with Crippen LogP contribution in [0.3, 0.4) is 0 Å². The van der Waals surface area contributed by atoms with Gasteiger partial charge in [-0.3, -0.25) is 0 Å². The van der Waals surface area contributed by atoms with Crippen molar-refractivity contribution in [1.82, 2.24) is 5.32 Å². The number of alkyl halides is 3. The molecule has 3 nitrogen and oxygen atoms in total.